The summed E-state index contributed by atoms with van der Waals surface area (Å²) >= 11 is 0. The Morgan fingerprint density at radius 3 is 2.68 bits per heavy atom. The fraction of sp³-hybridized carbons (Fsp3) is 0.632. The van der Waals surface area contributed by atoms with E-state index in [2.05, 4.69) is 51.0 Å². The largest absolute Gasteiger partial charge is 0.480 e. The minimum Gasteiger partial charge on any atom is -0.480 e. The van der Waals surface area contributed by atoms with Gasteiger partial charge >= 0.3 is 5.97 Å². The second-order valence-electron chi connectivity index (χ2n) is 7.19. The topological polar surface area (TPSA) is 67.8 Å². The van der Waals surface area contributed by atoms with Crippen molar-refractivity contribution in [2.75, 3.05) is 45.8 Å². The highest BCUT2D eigenvalue weighted by atomic mass is 16.4. The fourth-order valence-corrected chi connectivity index (χ4v) is 3.88. The van der Waals surface area contributed by atoms with E-state index in [1.807, 2.05) is 0 Å². The SMILES string of the molecule is O=C(O)C1NNCC1CN1CCCN(CCCc2ccccc2)CC1. The van der Waals surface area contributed by atoms with E-state index >= 15 is 0 Å². The number of hydrogen-bond acceptors (Lipinski definition) is 5. The molecule has 3 rings (SSSR count). The van der Waals surface area contributed by atoms with Crippen LogP contribution >= 0.6 is 0 Å². The van der Waals surface area contributed by atoms with Crippen LogP contribution in [0.25, 0.3) is 0 Å². The number of nitrogens with zero attached hydrogens (tertiary/aromatic N) is 2. The molecule has 6 heteroatoms. The highest BCUT2D eigenvalue weighted by Gasteiger charge is 2.34. The van der Waals surface area contributed by atoms with E-state index in [9.17, 15) is 9.90 Å². The van der Waals surface area contributed by atoms with Gasteiger partial charge in [-0.15, -0.1) is 0 Å². The van der Waals surface area contributed by atoms with Gasteiger partial charge in [0, 0.05) is 32.1 Å². The summed E-state index contributed by atoms with van der Waals surface area (Å²) in [5, 5.41) is 9.27. The van der Waals surface area contributed by atoms with Crippen LogP contribution < -0.4 is 10.9 Å². The molecular weight excluding hydrogens is 316 g/mol. The molecule has 2 aliphatic heterocycles. The number of carboxylic acid groups (broad SMARTS) is 1. The Labute approximate surface area is 150 Å². The Kier molecular flexibility index (Phi) is 6.81. The number of carboxylic acids is 1. The van der Waals surface area contributed by atoms with Gasteiger partial charge in [0.2, 0.25) is 0 Å². The van der Waals surface area contributed by atoms with Crippen molar-refractivity contribution in [3.8, 4) is 0 Å². The van der Waals surface area contributed by atoms with Gasteiger partial charge in [-0.1, -0.05) is 30.3 Å². The summed E-state index contributed by atoms with van der Waals surface area (Å²) in [6.45, 7) is 7.07. The summed E-state index contributed by atoms with van der Waals surface area (Å²) in [4.78, 5) is 16.3. The molecule has 0 saturated carbocycles. The van der Waals surface area contributed by atoms with Gasteiger partial charge in [-0.2, -0.15) is 0 Å². The van der Waals surface area contributed by atoms with Crippen molar-refractivity contribution in [2.45, 2.75) is 25.3 Å². The molecule has 1 aromatic rings. The normalized spacial score (nSPS) is 25.8. The highest BCUT2D eigenvalue weighted by Crippen LogP contribution is 2.13. The standard InChI is InChI=1S/C19H30N4O2/c24-19(25)18-17(14-20-21-18)15-23-11-5-10-22(12-13-23)9-4-8-16-6-2-1-3-7-16/h1-3,6-7,17-18,20-21H,4-5,8-15H2,(H,24,25). The molecule has 3 N–H and O–H groups in total. The van der Waals surface area contributed by atoms with Gasteiger partial charge < -0.3 is 14.9 Å². The number of benzene rings is 1. The molecule has 6 nitrogen and oxygen atoms in total. The van der Waals surface area contributed by atoms with Gasteiger partial charge in [0.15, 0.2) is 0 Å². The Morgan fingerprint density at radius 2 is 1.88 bits per heavy atom. The van der Waals surface area contributed by atoms with Gasteiger partial charge in [-0.05, 0) is 44.5 Å². The third-order valence-corrected chi connectivity index (χ3v) is 5.32. The van der Waals surface area contributed by atoms with E-state index in [1.54, 1.807) is 0 Å². The number of rotatable bonds is 7. The first-order valence-electron chi connectivity index (χ1n) is 9.42. The molecular formula is C19H30N4O2. The van der Waals surface area contributed by atoms with Crippen molar-refractivity contribution in [1.29, 1.82) is 0 Å². The van der Waals surface area contributed by atoms with Crippen LogP contribution in [-0.4, -0.2) is 72.7 Å². The number of hydrazine groups is 1. The molecule has 1 aromatic carbocycles. The van der Waals surface area contributed by atoms with Crippen molar-refractivity contribution >= 4 is 5.97 Å². The zero-order chi connectivity index (χ0) is 17.5. The molecule has 2 unspecified atom stereocenters. The lowest BCUT2D eigenvalue weighted by Crippen LogP contribution is -2.43. The van der Waals surface area contributed by atoms with Crippen molar-refractivity contribution in [3.63, 3.8) is 0 Å². The minimum absolute atomic E-state index is 0.141. The summed E-state index contributed by atoms with van der Waals surface area (Å²) in [5.41, 5.74) is 7.29. The average Bonchev–Trinajstić information content (AvgIpc) is 2.97. The summed E-state index contributed by atoms with van der Waals surface area (Å²) in [5.74, 6) is -0.616. The molecule has 2 aliphatic rings. The molecule has 0 aliphatic carbocycles. The molecule has 2 saturated heterocycles. The molecule has 0 radical (unpaired) electrons. The maximum absolute atomic E-state index is 11.3. The van der Waals surface area contributed by atoms with Crippen molar-refractivity contribution in [2.24, 2.45) is 5.92 Å². The first-order chi connectivity index (χ1) is 12.2. The number of aryl methyl sites for hydroxylation is 1. The maximum atomic E-state index is 11.3. The Hall–Kier alpha value is -1.47. The van der Waals surface area contributed by atoms with Crippen molar-refractivity contribution < 1.29 is 9.90 Å². The lowest BCUT2D eigenvalue weighted by molar-refractivity contribution is -0.140. The summed E-state index contributed by atoms with van der Waals surface area (Å²) in [6, 6.07) is 10.2. The number of hydrogen-bond donors (Lipinski definition) is 3. The first kappa shape index (κ1) is 18.3. The van der Waals surface area contributed by atoms with E-state index in [0.29, 0.717) is 0 Å². The molecule has 0 spiro atoms. The molecule has 25 heavy (non-hydrogen) atoms. The van der Waals surface area contributed by atoms with Crippen LogP contribution in [0.5, 0.6) is 0 Å². The van der Waals surface area contributed by atoms with Crippen LogP contribution in [0.1, 0.15) is 18.4 Å². The average molecular weight is 346 g/mol. The zero-order valence-electron chi connectivity index (χ0n) is 14.9. The second-order valence-corrected chi connectivity index (χ2v) is 7.19. The van der Waals surface area contributed by atoms with E-state index < -0.39 is 12.0 Å². The second kappa shape index (κ2) is 9.29. The maximum Gasteiger partial charge on any atom is 0.322 e. The molecule has 0 amide bonds. The van der Waals surface area contributed by atoms with Crippen LogP contribution in [-0.2, 0) is 11.2 Å². The third-order valence-electron chi connectivity index (χ3n) is 5.32. The van der Waals surface area contributed by atoms with Gasteiger partial charge in [-0.25, -0.2) is 5.43 Å². The predicted octanol–water partition coefficient (Wildman–Crippen LogP) is 0.804. The van der Waals surface area contributed by atoms with Crippen molar-refractivity contribution in [3.05, 3.63) is 35.9 Å². The lowest BCUT2D eigenvalue weighted by atomic mass is 10.0. The number of carbonyl (C=O) groups is 1. The Bertz CT molecular complexity index is 539. The zero-order valence-corrected chi connectivity index (χ0v) is 14.9. The van der Waals surface area contributed by atoms with Gasteiger partial charge in [0.1, 0.15) is 6.04 Å². The van der Waals surface area contributed by atoms with E-state index in [1.165, 1.54) is 12.0 Å². The van der Waals surface area contributed by atoms with Crippen LogP contribution in [0.2, 0.25) is 0 Å². The van der Waals surface area contributed by atoms with E-state index in [4.69, 9.17) is 0 Å². The summed E-state index contributed by atoms with van der Waals surface area (Å²) in [7, 11) is 0. The minimum atomic E-state index is -0.757. The van der Waals surface area contributed by atoms with Crippen LogP contribution in [0, 0.1) is 5.92 Å². The van der Waals surface area contributed by atoms with Crippen LogP contribution in [0.3, 0.4) is 0 Å². The molecule has 138 valence electrons. The molecule has 0 aromatic heterocycles. The number of nitrogens with one attached hydrogen (secondary N) is 2. The number of aliphatic carboxylic acids is 1. The fourth-order valence-electron chi connectivity index (χ4n) is 3.88. The quantitative estimate of drug-likeness (QED) is 0.679. The summed E-state index contributed by atoms with van der Waals surface area (Å²) < 4.78 is 0. The Morgan fingerprint density at radius 1 is 1.12 bits per heavy atom. The molecule has 0 bridgehead atoms. The third kappa shape index (κ3) is 5.51. The monoisotopic (exact) mass is 346 g/mol. The molecule has 2 heterocycles. The highest BCUT2D eigenvalue weighted by molar-refractivity contribution is 5.74. The molecule has 2 atom stereocenters. The lowest BCUT2D eigenvalue weighted by Gasteiger charge is -2.25. The smallest absolute Gasteiger partial charge is 0.322 e. The van der Waals surface area contributed by atoms with Gasteiger partial charge in [-0.3, -0.25) is 10.2 Å². The van der Waals surface area contributed by atoms with Crippen molar-refractivity contribution in [1.82, 2.24) is 20.7 Å². The predicted molar refractivity (Wildman–Crippen MR) is 98.3 cm³/mol. The van der Waals surface area contributed by atoms with Crippen LogP contribution in [0.4, 0.5) is 0 Å². The Balaban J connectivity index is 1.39. The molecule has 2 fully saturated rings. The first-order valence-corrected chi connectivity index (χ1v) is 9.42. The summed E-state index contributed by atoms with van der Waals surface area (Å²) in [6.07, 6.45) is 3.50. The van der Waals surface area contributed by atoms with Crippen LogP contribution in [0.15, 0.2) is 30.3 Å². The van der Waals surface area contributed by atoms with Gasteiger partial charge in [0.05, 0.1) is 0 Å². The van der Waals surface area contributed by atoms with Gasteiger partial charge in [0.25, 0.3) is 0 Å². The van der Waals surface area contributed by atoms with E-state index in [-0.39, 0.29) is 5.92 Å². The van der Waals surface area contributed by atoms with E-state index in [0.717, 1.165) is 58.7 Å².